The molecule has 150 valence electrons. The second-order valence-corrected chi connectivity index (χ2v) is 7.75. The number of carbonyl (C=O) groups excluding carboxylic acids is 2. The van der Waals surface area contributed by atoms with E-state index in [4.69, 9.17) is 13.9 Å². The summed E-state index contributed by atoms with van der Waals surface area (Å²) in [6.45, 7) is 3.35. The first-order valence-electron chi connectivity index (χ1n) is 9.10. The predicted molar refractivity (Wildman–Crippen MR) is 109 cm³/mol. The predicted octanol–water partition coefficient (Wildman–Crippen LogP) is 3.95. The fourth-order valence-electron chi connectivity index (χ4n) is 3.04. The molecule has 2 amide bonds. The van der Waals surface area contributed by atoms with Crippen LogP contribution in [0.2, 0.25) is 0 Å². The molecule has 0 spiro atoms. The van der Waals surface area contributed by atoms with Gasteiger partial charge < -0.3 is 24.1 Å². The number of carbonyl (C=O) groups is 2. The SMILES string of the molecule is Cc1cc(NC(=O)c2ccco2)sc1C(=O)N(C)Cc1ccc2c(c1)OCCO2. The van der Waals surface area contributed by atoms with Gasteiger partial charge in [-0.25, -0.2) is 0 Å². The van der Waals surface area contributed by atoms with Gasteiger partial charge >= 0.3 is 0 Å². The summed E-state index contributed by atoms with van der Waals surface area (Å²) in [6, 6.07) is 10.7. The molecule has 1 aliphatic heterocycles. The molecule has 0 saturated heterocycles. The molecule has 0 radical (unpaired) electrons. The second-order valence-electron chi connectivity index (χ2n) is 6.69. The Bertz CT molecular complexity index is 1040. The molecule has 7 nitrogen and oxygen atoms in total. The summed E-state index contributed by atoms with van der Waals surface area (Å²) < 4.78 is 16.2. The average molecular weight is 412 g/mol. The molecule has 3 aromatic rings. The highest BCUT2D eigenvalue weighted by molar-refractivity contribution is 7.18. The molecule has 3 heterocycles. The van der Waals surface area contributed by atoms with Gasteiger partial charge in [-0.05, 0) is 48.4 Å². The number of amides is 2. The van der Waals surface area contributed by atoms with E-state index in [1.54, 1.807) is 30.1 Å². The van der Waals surface area contributed by atoms with Crippen LogP contribution in [0, 0.1) is 6.92 Å². The molecule has 0 saturated carbocycles. The van der Waals surface area contributed by atoms with Gasteiger partial charge in [0.15, 0.2) is 17.3 Å². The Morgan fingerprint density at radius 2 is 1.93 bits per heavy atom. The van der Waals surface area contributed by atoms with Crippen LogP contribution in [-0.2, 0) is 6.54 Å². The fourth-order valence-corrected chi connectivity index (χ4v) is 4.10. The molecule has 0 atom stereocenters. The third kappa shape index (κ3) is 4.12. The van der Waals surface area contributed by atoms with Crippen molar-refractivity contribution in [3.8, 4) is 11.5 Å². The molecular weight excluding hydrogens is 392 g/mol. The van der Waals surface area contributed by atoms with E-state index in [2.05, 4.69) is 5.32 Å². The summed E-state index contributed by atoms with van der Waals surface area (Å²) in [5.74, 6) is 1.19. The largest absolute Gasteiger partial charge is 0.486 e. The minimum absolute atomic E-state index is 0.110. The van der Waals surface area contributed by atoms with E-state index < -0.39 is 0 Å². The van der Waals surface area contributed by atoms with Gasteiger partial charge in [0.05, 0.1) is 16.1 Å². The standard InChI is InChI=1S/C21H20N2O5S/c1-13-10-18(22-20(24)16-4-3-7-26-16)29-19(13)21(25)23(2)12-14-5-6-15-17(11-14)28-9-8-27-15/h3-7,10-11H,8-9,12H2,1-2H3,(H,22,24). The van der Waals surface area contributed by atoms with Crippen molar-refractivity contribution in [3.05, 3.63) is 64.4 Å². The molecule has 1 aromatic carbocycles. The molecule has 0 aliphatic carbocycles. The number of nitrogens with zero attached hydrogens (tertiary/aromatic N) is 1. The Labute approximate surface area is 171 Å². The van der Waals surface area contributed by atoms with Gasteiger partial charge in [-0.2, -0.15) is 0 Å². The molecule has 1 aliphatic rings. The van der Waals surface area contributed by atoms with Crippen molar-refractivity contribution in [2.75, 3.05) is 25.6 Å². The number of benzene rings is 1. The van der Waals surface area contributed by atoms with Gasteiger partial charge in [0.25, 0.3) is 11.8 Å². The Balaban J connectivity index is 1.45. The number of hydrogen-bond acceptors (Lipinski definition) is 6. The number of aryl methyl sites for hydroxylation is 1. The molecule has 0 bridgehead atoms. The van der Waals surface area contributed by atoms with E-state index in [1.165, 1.54) is 17.6 Å². The van der Waals surface area contributed by atoms with E-state index in [-0.39, 0.29) is 17.6 Å². The highest BCUT2D eigenvalue weighted by Crippen LogP contribution is 2.32. The van der Waals surface area contributed by atoms with E-state index in [9.17, 15) is 9.59 Å². The summed E-state index contributed by atoms with van der Waals surface area (Å²) in [5, 5.41) is 3.37. The first-order valence-corrected chi connectivity index (χ1v) is 9.92. The van der Waals surface area contributed by atoms with Crippen molar-refractivity contribution in [3.63, 3.8) is 0 Å². The number of anilines is 1. The van der Waals surface area contributed by atoms with Gasteiger partial charge in [-0.15, -0.1) is 11.3 Å². The van der Waals surface area contributed by atoms with Gasteiger partial charge in [0, 0.05) is 13.6 Å². The smallest absolute Gasteiger partial charge is 0.291 e. The molecule has 1 N–H and O–H groups in total. The molecular formula is C21H20N2O5S. The van der Waals surface area contributed by atoms with Gasteiger partial charge in [-0.3, -0.25) is 9.59 Å². The zero-order valence-electron chi connectivity index (χ0n) is 16.1. The van der Waals surface area contributed by atoms with Crippen LogP contribution in [0.3, 0.4) is 0 Å². The quantitative estimate of drug-likeness (QED) is 0.686. The Kier molecular flexibility index (Phi) is 5.26. The Morgan fingerprint density at radius 1 is 1.14 bits per heavy atom. The minimum atomic E-state index is -0.347. The molecule has 2 aromatic heterocycles. The first kappa shape index (κ1) is 19.1. The van der Waals surface area contributed by atoms with Crippen molar-refractivity contribution in [1.29, 1.82) is 0 Å². The maximum atomic E-state index is 12.9. The van der Waals surface area contributed by atoms with Crippen LogP contribution >= 0.6 is 11.3 Å². The third-order valence-corrected chi connectivity index (χ3v) is 5.61. The topological polar surface area (TPSA) is 81.0 Å². The van der Waals surface area contributed by atoms with Crippen molar-refractivity contribution >= 4 is 28.2 Å². The third-order valence-electron chi connectivity index (χ3n) is 4.47. The molecule has 0 unspecified atom stereocenters. The van der Waals surface area contributed by atoms with Crippen LogP contribution in [0.15, 0.2) is 47.1 Å². The number of rotatable bonds is 5. The van der Waals surface area contributed by atoms with E-state index in [0.717, 1.165) is 16.9 Å². The zero-order chi connectivity index (χ0) is 20.4. The van der Waals surface area contributed by atoms with E-state index in [0.29, 0.717) is 35.4 Å². The maximum absolute atomic E-state index is 12.9. The first-order chi connectivity index (χ1) is 14.0. The maximum Gasteiger partial charge on any atom is 0.291 e. The number of fused-ring (bicyclic) bond motifs is 1. The van der Waals surface area contributed by atoms with E-state index in [1.807, 2.05) is 25.1 Å². The highest BCUT2D eigenvalue weighted by atomic mass is 32.1. The van der Waals surface area contributed by atoms with Gasteiger partial charge in [0.2, 0.25) is 0 Å². The summed E-state index contributed by atoms with van der Waals surface area (Å²) in [4.78, 5) is 27.3. The lowest BCUT2D eigenvalue weighted by atomic mass is 10.1. The van der Waals surface area contributed by atoms with Gasteiger partial charge in [-0.1, -0.05) is 6.07 Å². The molecule has 0 fully saturated rings. The monoisotopic (exact) mass is 412 g/mol. The minimum Gasteiger partial charge on any atom is -0.486 e. The average Bonchev–Trinajstić information content (AvgIpc) is 3.37. The van der Waals surface area contributed by atoms with Crippen molar-refractivity contribution in [2.45, 2.75) is 13.5 Å². The van der Waals surface area contributed by atoms with Crippen molar-refractivity contribution < 1.29 is 23.5 Å². The number of thiophene rings is 1. The Morgan fingerprint density at radius 3 is 2.69 bits per heavy atom. The summed E-state index contributed by atoms with van der Waals surface area (Å²) in [7, 11) is 1.75. The molecule has 29 heavy (non-hydrogen) atoms. The van der Waals surface area contributed by atoms with Crippen LogP contribution in [0.5, 0.6) is 11.5 Å². The lowest BCUT2D eigenvalue weighted by Gasteiger charge is -2.21. The summed E-state index contributed by atoms with van der Waals surface area (Å²) in [6.07, 6.45) is 1.44. The van der Waals surface area contributed by atoms with Crippen LogP contribution in [0.25, 0.3) is 0 Å². The normalized spacial score (nSPS) is 12.5. The van der Waals surface area contributed by atoms with Crippen LogP contribution in [-0.4, -0.2) is 37.0 Å². The second kappa shape index (κ2) is 8.00. The van der Waals surface area contributed by atoms with E-state index >= 15 is 0 Å². The highest BCUT2D eigenvalue weighted by Gasteiger charge is 2.20. The van der Waals surface area contributed by atoms with Crippen molar-refractivity contribution in [2.24, 2.45) is 0 Å². The summed E-state index contributed by atoms with van der Waals surface area (Å²) >= 11 is 1.25. The summed E-state index contributed by atoms with van der Waals surface area (Å²) in [5.41, 5.74) is 1.76. The lowest BCUT2D eigenvalue weighted by molar-refractivity contribution is 0.0788. The van der Waals surface area contributed by atoms with Crippen LogP contribution < -0.4 is 14.8 Å². The fraction of sp³-hybridized carbons (Fsp3) is 0.238. The molecule has 8 heteroatoms. The zero-order valence-corrected chi connectivity index (χ0v) is 16.9. The number of ether oxygens (including phenoxy) is 2. The number of hydrogen-bond donors (Lipinski definition) is 1. The van der Waals surface area contributed by atoms with Crippen LogP contribution in [0.1, 0.15) is 31.4 Å². The van der Waals surface area contributed by atoms with Crippen molar-refractivity contribution in [1.82, 2.24) is 4.90 Å². The number of furan rings is 1. The van der Waals surface area contributed by atoms with Gasteiger partial charge in [0.1, 0.15) is 13.2 Å². The lowest BCUT2D eigenvalue weighted by Crippen LogP contribution is -2.26. The number of nitrogens with one attached hydrogen (secondary N) is 1. The Hall–Kier alpha value is -3.26. The molecule has 4 rings (SSSR count). The van der Waals surface area contributed by atoms with Crippen LogP contribution in [0.4, 0.5) is 5.00 Å².